The number of rotatable bonds is 5. The predicted octanol–water partition coefficient (Wildman–Crippen LogP) is 3.28. The summed E-state index contributed by atoms with van der Waals surface area (Å²) in [6.45, 7) is 2.11. The van der Waals surface area contributed by atoms with Crippen LogP contribution >= 0.6 is 0 Å². The molecule has 0 unspecified atom stereocenters. The van der Waals surface area contributed by atoms with Crippen molar-refractivity contribution in [1.29, 1.82) is 0 Å². The Morgan fingerprint density at radius 3 is 2.50 bits per heavy atom. The number of aryl methyl sites for hydroxylation is 1. The van der Waals surface area contributed by atoms with E-state index in [1.54, 1.807) is 12.1 Å². The fourth-order valence-electron chi connectivity index (χ4n) is 1.93. The second-order valence-electron chi connectivity index (χ2n) is 4.42. The van der Waals surface area contributed by atoms with Crippen LogP contribution in [0, 0.1) is 6.92 Å². The number of methoxy groups -OCH3 is 1. The third-order valence-electron chi connectivity index (χ3n) is 2.88. The number of hydrogen-bond donors (Lipinski definition) is 1. The van der Waals surface area contributed by atoms with E-state index in [0.717, 1.165) is 11.1 Å². The van der Waals surface area contributed by atoms with Crippen LogP contribution in [0.15, 0.2) is 42.5 Å². The summed E-state index contributed by atoms with van der Waals surface area (Å²) in [5.74, 6) is -0.345. The molecule has 0 aromatic heterocycles. The lowest BCUT2D eigenvalue weighted by Crippen LogP contribution is -2.06. The van der Waals surface area contributed by atoms with E-state index >= 15 is 0 Å². The van der Waals surface area contributed by atoms with Gasteiger partial charge in [-0.3, -0.25) is 0 Å². The molecule has 0 aliphatic carbocycles. The smallest absolute Gasteiger partial charge is 0.339 e. The molecule has 1 N–H and O–H groups in total. The van der Waals surface area contributed by atoms with E-state index in [-0.39, 0.29) is 11.3 Å². The molecule has 0 heterocycles. The summed E-state index contributed by atoms with van der Waals surface area (Å²) >= 11 is 0. The van der Waals surface area contributed by atoms with Crippen molar-refractivity contribution in [2.75, 3.05) is 7.11 Å². The van der Waals surface area contributed by atoms with Crippen molar-refractivity contribution < 1.29 is 19.4 Å². The zero-order chi connectivity index (χ0) is 14.5. The SMILES string of the molecule is COc1cc(C)cc(C(=O)O)c1OCc1ccccc1. The normalized spacial score (nSPS) is 10.1. The van der Waals surface area contributed by atoms with E-state index in [9.17, 15) is 9.90 Å². The molecule has 4 nitrogen and oxygen atoms in total. The summed E-state index contributed by atoms with van der Waals surface area (Å²) in [4.78, 5) is 11.3. The Bertz CT molecular complexity index is 605. The Morgan fingerprint density at radius 1 is 1.20 bits per heavy atom. The minimum absolute atomic E-state index is 0.109. The maximum Gasteiger partial charge on any atom is 0.339 e. The van der Waals surface area contributed by atoms with Crippen molar-refractivity contribution in [2.24, 2.45) is 0 Å². The van der Waals surface area contributed by atoms with Gasteiger partial charge in [0.1, 0.15) is 12.2 Å². The molecule has 0 aliphatic heterocycles. The second kappa shape index (κ2) is 6.10. The monoisotopic (exact) mass is 272 g/mol. The van der Waals surface area contributed by atoms with Gasteiger partial charge in [0.2, 0.25) is 0 Å². The van der Waals surface area contributed by atoms with Gasteiger partial charge in [0.15, 0.2) is 11.5 Å². The van der Waals surface area contributed by atoms with Gasteiger partial charge in [0.25, 0.3) is 0 Å². The van der Waals surface area contributed by atoms with E-state index in [1.165, 1.54) is 7.11 Å². The van der Waals surface area contributed by atoms with Gasteiger partial charge in [-0.25, -0.2) is 4.79 Å². The van der Waals surface area contributed by atoms with Crippen LogP contribution in [0.5, 0.6) is 11.5 Å². The molecular weight excluding hydrogens is 256 g/mol. The van der Waals surface area contributed by atoms with Crippen LogP contribution in [-0.4, -0.2) is 18.2 Å². The quantitative estimate of drug-likeness (QED) is 0.907. The standard InChI is InChI=1S/C16H16O4/c1-11-8-13(16(17)18)15(14(9-11)19-2)20-10-12-6-4-3-5-7-12/h3-9H,10H2,1-2H3,(H,17,18). The third-order valence-corrected chi connectivity index (χ3v) is 2.88. The minimum atomic E-state index is -1.03. The van der Waals surface area contributed by atoms with Crippen LogP contribution in [0.1, 0.15) is 21.5 Å². The van der Waals surface area contributed by atoms with Gasteiger partial charge in [-0.1, -0.05) is 30.3 Å². The molecule has 104 valence electrons. The van der Waals surface area contributed by atoms with Crippen molar-refractivity contribution in [3.63, 3.8) is 0 Å². The van der Waals surface area contributed by atoms with Crippen LogP contribution in [0.4, 0.5) is 0 Å². The molecule has 0 saturated carbocycles. The number of ether oxygens (including phenoxy) is 2. The van der Waals surface area contributed by atoms with E-state index in [4.69, 9.17) is 9.47 Å². The number of benzene rings is 2. The van der Waals surface area contributed by atoms with Crippen molar-refractivity contribution >= 4 is 5.97 Å². The lowest BCUT2D eigenvalue weighted by Gasteiger charge is -2.14. The van der Waals surface area contributed by atoms with E-state index < -0.39 is 5.97 Å². The molecule has 2 aromatic carbocycles. The number of hydrogen-bond acceptors (Lipinski definition) is 3. The molecule has 0 atom stereocenters. The first-order valence-electron chi connectivity index (χ1n) is 6.20. The van der Waals surface area contributed by atoms with Gasteiger partial charge in [-0.05, 0) is 30.2 Å². The van der Waals surface area contributed by atoms with Crippen molar-refractivity contribution in [3.05, 3.63) is 59.2 Å². The van der Waals surface area contributed by atoms with Gasteiger partial charge >= 0.3 is 5.97 Å². The zero-order valence-corrected chi connectivity index (χ0v) is 11.4. The summed E-state index contributed by atoms with van der Waals surface area (Å²) in [5.41, 5.74) is 1.88. The maximum atomic E-state index is 11.3. The highest BCUT2D eigenvalue weighted by Crippen LogP contribution is 2.33. The largest absolute Gasteiger partial charge is 0.493 e. The lowest BCUT2D eigenvalue weighted by atomic mass is 10.1. The first-order valence-corrected chi connectivity index (χ1v) is 6.20. The molecule has 0 saturated heterocycles. The molecule has 0 amide bonds. The van der Waals surface area contributed by atoms with Crippen molar-refractivity contribution in [1.82, 2.24) is 0 Å². The number of aromatic carboxylic acids is 1. The molecule has 0 aliphatic rings. The molecule has 2 rings (SSSR count). The first kappa shape index (κ1) is 13.9. The first-order chi connectivity index (χ1) is 9.61. The summed E-state index contributed by atoms with van der Waals surface area (Å²) < 4.78 is 10.9. The summed E-state index contributed by atoms with van der Waals surface area (Å²) in [6, 6.07) is 12.9. The number of carboxylic acids is 1. The van der Waals surface area contributed by atoms with Crippen LogP contribution in [-0.2, 0) is 6.61 Å². The van der Waals surface area contributed by atoms with Crippen LogP contribution in [0.3, 0.4) is 0 Å². The Morgan fingerprint density at radius 2 is 1.90 bits per heavy atom. The van der Waals surface area contributed by atoms with Gasteiger partial charge in [-0.2, -0.15) is 0 Å². The van der Waals surface area contributed by atoms with E-state index in [2.05, 4.69) is 0 Å². The summed E-state index contributed by atoms with van der Waals surface area (Å²) in [5, 5.41) is 9.27. The Kier molecular flexibility index (Phi) is 4.25. The fraction of sp³-hybridized carbons (Fsp3) is 0.188. The molecule has 4 heteroatoms. The highest BCUT2D eigenvalue weighted by atomic mass is 16.5. The molecule has 0 radical (unpaired) electrons. The van der Waals surface area contributed by atoms with Crippen molar-refractivity contribution in [2.45, 2.75) is 13.5 Å². The average Bonchev–Trinajstić information content (AvgIpc) is 2.46. The molecule has 0 bridgehead atoms. The lowest BCUT2D eigenvalue weighted by molar-refractivity contribution is 0.0690. The molecule has 2 aromatic rings. The highest BCUT2D eigenvalue weighted by Gasteiger charge is 2.17. The molecular formula is C16H16O4. The number of carbonyl (C=O) groups is 1. The zero-order valence-electron chi connectivity index (χ0n) is 11.4. The van der Waals surface area contributed by atoms with Crippen molar-refractivity contribution in [3.8, 4) is 11.5 Å². The molecule has 0 fully saturated rings. The van der Waals surface area contributed by atoms with Gasteiger partial charge in [0, 0.05) is 0 Å². The van der Waals surface area contributed by atoms with Gasteiger partial charge < -0.3 is 14.6 Å². The second-order valence-corrected chi connectivity index (χ2v) is 4.42. The Labute approximate surface area is 117 Å². The van der Waals surface area contributed by atoms with E-state index in [0.29, 0.717) is 12.4 Å². The van der Waals surface area contributed by atoms with Crippen LogP contribution in [0.25, 0.3) is 0 Å². The molecule has 0 spiro atoms. The highest BCUT2D eigenvalue weighted by molar-refractivity contribution is 5.92. The maximum absolute atomic E-state index is 11.3. The fourth-order valence-corrected chi connectivity index (χ4v) is 1.93. The van der Waals surface area contributed by atoms with Gasteiger partial charge in [-0.15, -0.1) is 0 Å². The Balaban J connectivity index is 2.32. The van der Waals surface area contributed by atoms with Crippen LogP contribution in [0.2, 0.25) is 0 Å². The minimum Gasteiger partial charge on any atom is -0.493 e. The van der Waals surface area contributed by atoms with Gasteiger partial charge in [0.05, 0.1) is 7.11 Å². The average molecular weight is 272 g/mol. The summed E-state index contributed by atoms with van der Waals surface area (Å²) in [7, 11) is 1.50. The predicted molar refractivity (Wildman–Crippen MR) is 75.5 cm³/mol. The third kappa shape index (κ3) is 3.09. The Hall–Kier alpha value is -2.49. The topological polar surface area (TPSA) is 55.8 Å². The van der Waals surface area contributed by atoms with Crippen LogP contribution < -0.4 is 9.47 Å². The summed E-state index contributed by atoms with van der Waals surface area (Å²) in [6.07, 6.45) is 0. The molecule has 20 heavy (non-hydrogen) atoms. The van der Waals surface area contributed by atoms with E-state index in [1.807, 2.05) is 37.3 Å². The number of carboxylic acid groups (broad SMARTS) is 1.